The molecule has 6 nitrogen and oxygen atoms in total. The fraction of sp³-hybridized carbons (Fsp3) is 0.118. The van der Waals surface area contributed by atoms with Crippen molar-refractivity contribution in [1.82, 2.24) is 10.2 Å². The molecule has 0 aliphatic carbocycles. The highest BCUT2D eigenvalue weighted by molar-refractivity contribution is 6.34. The summed E-state index contributed by atoms with van der Waals surface area (Å²) >= 11 is 6.06. The molecule has 24 heavy (non-hydrogen) atoms. The number of benzene rings is 2. The van der Waals surface area contributed by atoms with Gasteiger partial charge in [0.1, 0.15) is 0 Å². The average molecular weight is 343 g/mol. The minimum absolute atomic E-state index is 0.361. The van der Waals surface area contributed by atoms with Gasteiger partial charge in [-0.2, -0.15) is 5.10 Å². The van der Waals surface area contributed by atoms with Gasteiger partial charge in [0, 0.05) is 10.8 Å². The molecule has 0 aliphatic rings. The van der Waals surface area contributed by atoms with E-state index in [1.54, 1.807) is 20.4 Å². The Balaban J connectivity index is 1.84. The van der Waals surface area contributed by atoms with Crippen molar-refractivity contribution in [2.24, 2.45) is 5.10 Å². The lowest BCUT2D eigenvalue weighted by Crippen LogP contribution is -1.98. The maximum atomic E-state index is 6.06. The second-order valence-electron chi connectivity index (χ2n) is 4.87. The Hall–Kier alpha value is -2.86. The molecule has 3 rings (SSSR count). The quantitative estimate of drug-likeness (QED) is 0.565. The van der Waals surface area contributed by atoms with E-state index < -0.39 is 0 Å². The minimum atomic E-state index is 0.361. The summed E-state index contributed by atoms with van der Waals surface area (Å²) in [5, 5.41) is 14.2. The molecule has 0 aliphatic heterocycles. The van der Waals surface area contributed by atoms with Crippen LogP contribution in [-0.4, -0.2) is 30.6 Å². The number of hydrogen-bond donors (Lipinski definition) is 1. The maximum absolute atomic E-state index is 6.06. The smallest absolute Gasteiger partial charge is 0.176 e. The number of rotatable bonds is 5. The number of hydrazone groups is 1. The average Bonchev–Trinajstić information content (AvgIpc) is 2.63. The van der Waals surface area contributed by atoms with Crippen LogP contribution >= 0.6 is 11.6 Å². The molecule has 0 bridgehead atoms. The molecule has 1 N–H and O–H groups in total. The van der Waals surface area contributed by atoms with Gasteiger partial charge in [0.05, 0.1) is 20.4 Å². The van der Waals surface area contributed by atoms with Crippen LogP contribution in [0.5, 0.6) is 11.5 Å². The van der Waals surface area contributed by atoms with Crippen LogP contribution in [0.2, 0.25) is 5.15 Å². The third-order valence-corrected chi connectivity index (χ3v) is 3.71. The molecule has 0 atom stereocenters. The molecule has 122 valence electrons. The van der Waals surface area contributed by atoms with E-state index in [4.69, 9.17) is 21.1 Å². The van der Waals surface area contributed by atoms with Crippen molar-refractivity contribution in [3.63, 3.8) is 0 Å². The molecule has 0 spiro atoms. The summed E-state index contributed by atoms with van der Waals surface area (Å²) in [6, 6.07) is 13.1. The maximum Gasteiger partial charge on any atom is 0.176 e. The SMILES string of the molecule is COc1ccc(/C=N\Nc2nnc(Cl)c3ccccc23)cc1OC. The number of nitrogens with one attached hydrogen (secondary N) is 1. The van der Waals surface area contributed by atoms with E-state index >= 15 is 0 Å². The number of aromatic nitrogens is 2. The summed E-state index contributed by atoms with van der Waals surface area (Å²) in [7, 11) is 3.18. The largest absolute Gasteiger partial charge is 0.493 e. The van der Waals surface area contributed by atoms with Gasteiger partial charge >= 0.3 is 0 Å². The van der Waals surface area contributed by atoms with E-state index in [1.807, 2.05) is 42.5 Å². The van der Waals surface area contributed by atoms with Gasteiger partial charge in [-0.25, -0.2) is 0 Å². The van der Waals surface area contributed by atoms with Crippen molar-refractivity contribution < 1.29 is 9.47 Å². The van der Waals surface area contributed by atoms with Gasteiger partial charge < -0.3 is 9.47 Å². The predicted octanol–water partition coefficient (Wildman–Crippen LogP) is 3.75. The van der Waals surface area contributed by atoms with Crippen LogP contribution in [0.4, 0.5) is 5.82 Å². The van der Waals surface area contributed by atoms with Crippen molar-refractivity contribution in [2.75, 3.05) is 19.6 Å². The molecule has 1 aromatic heterocycles. The lowest BCUT2D eigenvalue weighted by Gasteiger charge is -2.07. The summed E-state index contributed by atoms with van der Waals surface area (Å²) in [5.41, 5.74) is 3.75. The third-order valence-electron chi connectivity index (χ3n) is 3.43. The Labute approximate surface area is 144 Å². The topological polar surface area (TPSA) is 68.6 Å². The van der Waals surface area contributed by atoms with E-state index in [-0.39, 0.29) is 0 Å². The Morgan fingerprint density at radius 3 is 2.50 bits per heavy atom. The molecular weight excluding hydrogens is 328 g/mol. The van der Waals surface area contributed by atoms with Crippen LogP contribution in [0, 0.1) is 0 Å². The Morgan fingerprint density at radius 2 is 1.75 bits per heavy atom. The molecule has 0 radical (unpaired) electrons. The first kappa shape index (κ1) is 16.0. The van der Waals surface area contributed by atoms with Gasteiger partial charge in [0.25, 0.3) is 0 Å². The number of methoxy groups -OCH3 is 2. The van der Waals surface area contributed by atoms with Crippen molar-refractivity contribution in [3.05, 3.63) is 53.2 Å². The van der Waals surface area contributed by atoms with Gasteiger partial charge in [0.15, 0.2) is 22.5 Å². The van der Waals surface area contributed by atoms with Crippen molar-refractivity contribution in [3.8, 4) is 11.5 Å². The lowest BCUT2D eigenvalue weighted by molar-refractivity contribution is 0.355. The van der Waals surface area contributed by atoms with Crippen LogP contribution in [0.3, 0.4) is 0 Å². The second kappa shape index (κ2) is 7.14. The van der Waals surface area contributed by atoms with Crippen LogP contribution in [-0.2, 0) is 0 Å². The van der Waals surface area contributed by atoms with Crippen LogP contribution in [0.25, 0.3) is 10.8 Å². The molecule has 1 heterocycles. The van der Waals surface area contributed by atoms with Gasteiger partial charge in [-0.1, -0.05) is 35.9 Å². The summed E-state index contributed by atoms with van der Waals surface area (Å²) in [5.74, 6) is 1.84. The highest BCUT2D eigenvalue weighted by atomic mass is 35.5. The molecule has 2 aromatic carbocycles. The molecular formula is C17H15ClN4O2. The lowest BCUT2D eigenvalue weighted by atomic mass is 10.2. The first-order valence-corrected chi connectivity index (χ1v) is 7.52. The van der Waals surface area contributed by atoms with E-state index in [1.165, 1.54) is 0 Å². The zero-order valence-electron chi connectivity index (χ0n) is 13.2. The number of fused-ring (bicyclic) bond motifs is 1. The van der Waals surface area contributed by atoms with Crippen LogP contribution < -0.4 is 14.9 Å². The number of halogens is 1. The second-order valence-corrected chi connectivity index (χ2v) is 5.23. The fourth-order valence-corrected chi connectivity index (χ4v) is 2.46. The Morgan fingerprint density at radius 1 is 1.00 bits per heavy atom. The summed E-state index contributed by atoms with van der Waals surface area (Å²) in [6.07, 6.45) is 1.66. The molecule has 3 aromatic rings. The van der Waals surface area contributed by atoms with E-state index in [0.717, 1.165) is 16.3 Å². The summed E-state index contributed by atoms with van der Waals surface area (Å²) in [6.45, 7) is 0. The van der Waals surface area contributed by atoms with E-state index in [2.05, 4.69) is 20.7 Å². The van der Waals surface area contributed by atoms with Crippen LogP contribution in [0.1, 0.15) is 5.56 Å². The van der Waals surface area contributed by atoms with Gasteiger partial charge in [-0.15, -0.1) is 10.2 Å². The summed E-state index contributed by atoms with van der Waals surface area (Å²) < 4.78 is 10.5. The third kappa shape index (κ3) is 3.23. The van der Waals surface area contributed by atoms with Gasteiger partial charge in [-0.05, 0) is 23.8 Å². The monoisotopic (exact) mass is 342 g/mol. The van der Waals surface area contributed by atoms with Crippen molar-refractivity contribution in [2.45, 2.75) is 0 Å². The van der Waals surface area contributed by atoms with Crippen molar-refractivity contribution in [1.29, 1.82) is 0 Å². The first-order valence-electron chi connectivity index (χ1n) is 7.15. The predicted molar refractivity (Wildman–Crippen MR) is 95.3 cm³/mol. The van der Waals surface area contributed by atoms with Crippen molar-refractivity contribution >= 4 is 34.4 Å². The normalized spacial score (nSPS) is 11.0. The standard InChI is InChI=1S/C17H15ClN4O2/c1-23-14-8-7-11(9-15(14)24-2)10-19-21-17-13-6-4-3-5-12(13)16(18)20-22-17/h3-10H,1-2H3,(H,21,22)/b19-10-. The molecule has 0 unspecified atom stereocenters. The Kier molecular flexibility index (Phi) is 4.77. The molecule has 7 heteroatoms. The fourth-order valence-electron chi connectivity index (χ4n) is 2.25. The number of ether oxygens (including phenoxy) is 2. The molecule has 0 amide bonds. The Bertz CT molecular complexity index is 899. The van der Waals surface area contributed by atoms with E-state index in [9.17, 15) is 0 Å². The van der Waals surface area contributed by atoms with Gasteiger partial charge in [-0.3, -0.25) is 5.43 Å². The molecule has 0 fully saturated rings. The zero-order valence-corrected chi connectivity index (χ0v) is 13.9. The number of anilines is 1. The highest BCUT2D eigenvalue weighted by Gasteiger charge is 2.06. The summed E-state index contributed by atoms with van der Waals surface area (Å²) in [4.78, 5) is 0. The number of hydrogen-bond acceptors (Lipinski definition) is 6. The van der Waals surface area contributed by atoms with E-state index in [0.29, 0.717) is 22.5 Å². The number of nitrogens with zero attached hydrogens (tertiary/aromatic N) is 3. The zero-order chi connectivity index (χ0) is 16.9. The van der Waals surface area contributed by atoms with Gasteiger partial charge in [0.2, 0.25) is 0 Å². The molecule has 0 saturated heterocycles. The van der Waals surface area contributed by atoms with Crippen LogP contribution in [0.15, 0.2) is 47.6 Å². The molecule has 0 saturated carbocycles. The first-order chi connectivity index (χ1) is 11.7. The highest BCUT2D eigenvalue weighted by Crippen LogP contribution is 2.27. The minimum Gasteiger partial charge on any atom is -0.493 e.